The summed E-state index contributed by atoms with van der Waals surface area (Å²) in [5, 5.41) is 0. The molecule has 4 bridgehead atoms. The van der Waals surface area contributed by atoms with E-state index in [2.05, 4.69) is 19.6 Å². The molecule has 1 aromatic heterocycles. The summed E-state index contributed by atoms with van der Waals surface area (Å²) in [6.07, 6.45) is 2.53. The van der Waals surface area contributed by atoms with Crippen molar-refractivity contribution in [2.75, 3.05) is 37.5 Å². The van der Waals surface area contributed by atoms with Crippen LogP contribution in [0.3, 0.4) is 0 Å². The first-order valence-electron chi connectivity index (χ1n) is 13.0. The smallest absolute Gasteiger partial charge is 0.264 e. The summed E-state index contributed by atoms with van der Waals surface area (Å²) in [4.78, 5) is 26.8. The number of hydrogen-bond donors (Lipinski definition) is 1. The minimum absolute atomic E-state index is 0.0185. The zero-order valence-electron chi connectivity index (χ0n) is 21.6. The van der Waals surface area contributed by atoms with Crippen molar-refractivity contribution in [2.24, 2.45) is 5.92 Å². The quantitative estimate of drug-likeness (QED) is 0.550. The molecule has 2 fully saturated rings. The first kappa shape index (κ1) is 24.8. The van der Waals surface area contributed by atoms with Gasteiger partial charge < -0.3 is 9.64 Å². The molecule has 1 amide bonds. The SMILES string of the molecule is Cc1cccc(C)c1-c1cc2nc(n1)NS(=O)(=O)c1cccc(c1)C(=O)N1CCN(CC3CC3)C[C@@H]1CO2. The van der Waals surface area contributed by atoms with Gasteiger partial charge in [0.1, 0.15) is 6.61 Å². The maximum Gasteiger partial charge on any atom is 0.264 e. The molecule has 1 atom stereocenters. The third-order valence-corrected chi connectivity index (χ3v) is 8.85. The Balaban J connectivity index is 1.44. The molecule has 6 rings (SSSR count). The van der Waals surface area contributed by atoms with Crippen molar-refractivity contribution in [1.29, 1.82) is 0 Å². The Kier molecular flexibility index (Phi) is 6.31. The van der Waals surface area contributed by atoms with Gasteiger partial charge in [0.25, 0.3) is 15.9 Å². The Morgan fingerprint density at radius 3 is 2.55 bits per heavy atom. The number of nitrogens with one attached hydrogen (secondary N) is 1. The number of aromatic nitrogens is 2. The first-order chi connectivity index (χ1) is 18.3. The molecular weight excluding hydrogens is 502 g/mol. The van der Waals surface area contributed by atoms with Crippen molar-refractivity contribution in [3.63, 3.8) is 0 Å². The van der Waals surface area contributed by atoms with Crippen LogP contribution in [0, 0.1) is 19.8 Å². The van der Waals surface area contributed by atoms with E-state index in [1.165, 1.54) is 25.0 Å². The number of amides is 1. The fraction of sp³-hybridized carbons (Fsp3) is 0.393. The zero-order valence-corrected chi connectivity index (χ0v) is 22.4. The second-order valence-corrected chi connectivity index (χ2v) is 12.2. The highest BCUT2D eigenvalue weighted by Crippen LogP contribution is 2.32. The number of ether oxygens (including phenoxy) is 1. The summed E-state index contributed by atoms with van der Waals surface area (Å²) in [6.45, 7) is 7.28. The molecule has 1 N–H and O–H groups in total. The molecule has 3 heterocycles. The van der Waals surface area contributed by atoms with Crippen LogP contribution in [0.15, 0.2) is 53.4 Å². The van der Waals surface area contributed by atoms with E-state index in [-0.39, 0.29) is 35.3 Å². The summed E-state index contributed by atoms with van der Waals surface area (Å²) in [5.74, 6) is 0.722. The Morgan fingerprint density at radius 1 is 1.03 bits per heavy atom. The van der Waals surface area contributed by atoms with Crippen LogP contribution in [0.1, 0.15) is 34.3 Å². The van der Waals surface area contributed by atoms with Gasteiger partial charge in [-0.25, -0.2) is 18.1 Å². The fourth-order valence-electron chi connectivity index (χ4n) is 5.37. The van der Waals surface area contributed by atoms with E-state index >= 15 is 0 Å². The third kappa shape index (κ3) is 4.98. The molecule has 0 radical (unpaired) electrons. The maximum absolute atomic E-state index is 13.6. The minimum Gasteiger partial charge on any atom is -0.475 e. The average Bonchev–Trinajstić information content (AvgIpc) is 3.70. The summed E-state index contributed by atoms with van der Waals surface area (Å²) >= 11 is 0. The molecule has 1 saturated heterocycles. The number of fused-ring (bicyclic) bond motifs is 5. The van der Waals surface area contributed by atoms with Gasteiger partial charge in [0.15, 0.2) is 0 Å². The van der Waals surface area contributed by atoms with E-state index in [1.807, 2.05) is 36.9 Å². The van der Waals surface area contributed by atoms with Crippen LogP contribution in [-0.2, 0) is 10.0 Å². The predicted molar refractivity (Wildman–Crippen MR) is 144 cm³/mol. The van der Waals surface area contributed by atoms with Gasteiger partial charge >= 0.3 is 0 Å². The van der Waals surface area contributed by atoms with Crippen molar-refractivity contribution in [2.45, 2.75) is 37.6 Å². The number of hydrogen-bond acceptors (Lipinski definition) is 7. The maximum atomic E-state index is 13.6. The number of rotatable bonds is 3. The normalized spacial score (nSPS) is 21.3. The zero-order chi connectivity index (χ0) is 26.4. The number of aryl methyl sites for hydroxylation is 2. The molecule has 10 heteroatoms. The highest BCUT2D eigenvalue weighted by Gasteiger charge is 2.35. The molecule has 1 aliphatic carbocycles. The van der Waals surface area contributed by atoms with E-state index < -0.39 is 10.0 Å². The lowest BCUT2D eigenvalue weighted by atomic mass is 10.00. The van der Waals surface area contributed by atoms with E-state index in [0.717, 1.165) is 35.7 Å². The lowest BCUT2D eigenvalue weighted by molar-refractivity contribution is 0.0318. The van der Waals surface area contributed by atoms with Crippen LogP contribution >= 0.6 is 0 Å². The van der Waals surface area contributed by atoms with Crippen LogP contribution in [0.25, 0.3) is 11.3 Å². The van der Waals surface area contributed by atoms with Gasteiger partial charge in [0.2, 0.25) is 11.8 Å². The highest BCUT2D eigenvalue weighted by molar-refractivity contribution is 7.92. The van der Waals surface area contributed by atoms with Crippen LogP contribution in [0.2, 0.25) is 0 Å². The summed E-state index contributed by atoms with van der Waals surface area (Å²) in [5.41, 5.74) is 3.81. The number of anilines is 1. The van der Waals surface area contributed by atoms with Crippen molar-refractivity contribution in [3.05, 3.63) is 65.2 Å². The molecule has 2 aliphatic heterocycles. The second kappa shape index (κ2) is 9.67. The van der Waals surface area contributed by atoms with Gasteiger partial charge in [-0.1, -0.05) is 24.3 Å². The lowest BCUT2D eigenvalue weighted by Gasteiger charge is -2.41. The molecule has 0 unspecified atom stereocenters. The second-order valence-electron chi connectivity index (χ2n) is 10.5. The summed E-state index contributed by atoms with van der Waals surface area (Å²) in [7, 11) is -4.06. The third-order valence-electron chi connectivity index (χ3n) is 7.52. The number of nitrogens with zero attached hydrogens (tertiary/aromatic N) is 4. The van der Waals surface area contributed by atoms with E-state index in [1.54, 1.807) is 18.2 Å². The van der Waals surface area contributed by atoms with Gasteiger partial charge in [-0.2, -0.15) is 4.98 Å². The summed E-state index contributed by atoms with van der Waals surface area (Å²) < 4.78 is 35.4. The topological polar surface area (TPSA) is 105 Å². The van der Waals surface area contributed by atoms with Crippen molar-refractivity contribution in [1.82, 2.24) is 19.8 Å². The largest absolute Gasteiger partial charge is 0.475 e. The Bertz CT molecular complexity index is 1480. The van der Waals surface area contributed by atoms with E-state index in [4.69, 9.17) is 4.74 Å². The minimum atomic E-state index is -4.06. The van der Waals surface area contributed by atoms with Crippen LogP contribution in [0.4, 0.5) is 5.95 Å². The molecule has 9 nitrogen and oxygen atoms in total. The fourth-order valence-corrected chi connectivity index (χ4v) is 6.36. The highest BCUT2D eigenvalue weighted by atomic mass is 32.2. The molecule has 38 heavy (non-hydrogen) atoms. The van der Waals surface area contributed by atoms with Crippen LogP contribution in [0.5, 0.6) is 5.88 Å². The van der Waals surface area contributed by atoms with Gasteiger partial charge in [-0.05, 0) is 61.9 Å². The molecule has 1 saturated carbocycles. The van der Waals surface area contributed by atoms with Crippen molar-refractivity contribution < 1.29 is 17.9 Å². The number of piperazine rings is 1. The van der Waals surface area contributed by atoms with Gasteiger partial charge in [0, 0.05) is 43.4 Å². The molecule has 0 spiro atoms. The van der Waals surface area contributed by atoms with Crippen LogP contribution in [-0.4, -0.2) is 72.9 Å². The van der Waals surface area contributed by atoms with Crippen LogP contribution < -0.4 is 9.46 Å². The van der Waals surface area contributed by atoms with E-state index in [9.17, 15) is 13.2 Å². The Hall–Kier alpha value is -3.50. The molecule has 3 aliphatic rings. The monoisotopic (exact) mass is 533 g/mol. The van der Waals surface area contributed by atoms with E-state index in [0.29, 0.717) is 24.3 Å². The standard InChI is InChI=1S/C28H31N5O4S/c1-18-5-3-6-19(2)26(18)24-14-25-30-28(29-24)31-38(35,36)23-8-4-7-21(13-23)27(34)33-12-11-32(15-20-9-10-20)16-22(33)17-37-25/h3-8,13-14,20,22H,9-12,15-17H2,1-2H3,(H,29,30,31)/t22-/m1/s1. The predicted octanol–water partition coefficient (Wildman–Crippen LogP) is 3.49. The van der Waals surface area contributed by atoms with Crippen molar-refractivity contribution >= 4 is 21.9 Å². The average molecular weight is 534 g/mol. The lowest BCUT2D eigenvalue weighted by Crippen LogP contribution is -2.57. The van der Waals surface area contributed by atoms with Crippen molar-refractivity contribution in [3.8, 4) is 17.1 Å². The molecule has 2 aromatic carbocycles. The number of benzene rings is 2. The summed E-state index contributed by atoms with van der Waals surface area (Å²) in [6, 6.07) is 13.6. The number of carbonyl (C=O) groups excluding carboxylic acids is 1. The number of sulfonamides is 1. The first-order valence-corrected chi connectivity index (χ1v) is 14.5. The number of carbonyl (C=O) groups is 1. The van der Waals surface area contributed by atoms with Gasteiger partial charge in [-0.3, -0.25) is 9.69 Å². The van der Waals surface area contributed by atoms with Gasteiger partial charge in [0.05, 0.1) is 16.6 Å². The molecule has 3 aromatic rings. The Labute approximate surface area is 222 Å². The Morgan fingerprint density at radius 2 is 1.79 bits per heavy atom. The molecular formula is C28H31N5O4S. The molecule has 198 valence electrons. The van der Waals surface area contributed by atoms with Gasteiger partial charge in [-0.15, -0.1) is 0 Å².